The predicted molar refractivity (Wildman–Crippen MR) is 110 cm³/mol. The van der Waals surface area contributed by atoms with Gasteiger partial charge in [-0.15, -0.1) is 0 Å². The topological polar surface area (TPSA) is 49.4 Å². The molecule has 4 rings (SSSR count). The molecule has 164 valence electrons. The Hall–Kier alpha value is -2.83. The number of halogens is 3. The molecule has 1 aliphatic heterocycles. The smallest absolute Gasteiger partial charge is 0.352 e. The van der Waals surface area contributed by atoms with Crippen LogP contribution in [-0.2, 0) is 17.5 Å². The fourth-order valence-corrected chi connectivity index (χ4v) is 5.04. The lowest BCUT2D eigenvalue weighted by Gasteiger charge is -2.25. The van der Waals surface area contributed by atoms with Gasteiger partial charge < -0.3 is 10.2 Å². The molecule has 1 aliphatic carbocycles. The highest BCUT2D eigenvalue weighted by Gasteiger charge is 2.50. The van der Waals surface area contributed by atoms with Crippen molar-refractivity contribution in [3.63, 3.8) is 0 Å². The molecule has 0 unspecified atom stereocenters. The summed E-state index contributed by atoms with van der Waals surface area (Å²) >= 11 is 0. The van der Waals surface area contributed by atoms with Gasteiger partial charge in [0, 0.05) is 31.1 Å². The Morgan fingerprint density at radius 1 is 1.10 bits per heavy atom. The third-order valence-corrected chi connectivity index (χ3v) is 6.69. The summed E-state index contributed by atoms with van der Waals surface area (Å²) in [5.41, 5.74) is 0.609. The Morgan fingerprint density at radius 3 is 2.42 bits per heavy atom. The van der Waals surface area contributed by atoms with Crippen molar-refractivity contribution in [3.8, 4) is 0 Å². The minimum atomic E-state index is -4.37. The van der Waals surface area contributed by atoms with Crippen LogP contribution in [0.3, 0.4) is 0 Å². The Labute approximate surface area is 179 Å². The number of nitrogens with zero attached hydrogens (tertiary/aromatic N) is 1. The zero-order valence-electron chi connectivity index (χ0n) is 17.2. The average molecular weight is 430 g/mol. The molecule has 2 aliphatic rings. The van der Waals surface area contributed by atoms with Crippen LogP contribution in [0.5, 0.6) is 0 Å². The van der Waals surface area contributed by atoms with Gasteiger partial charge >= 0.3 is 6.18 Å². The van der Waals surface area contributed by atoms with Crippen molar-refractivity contribution in [1.29, 1.82) is 0 Å². The first-order valence-corrected chi connectivity index (χ1v) is 10.5. The SMILES string of the molecule is C[C@H]1C[C@@H]2[C@@H](CC(=O)N2Cc2ccc(C(F)(F)F)cc2)[C@@H]1CNC(=O)c1ccccc1. The lowest BCUT2D eigenvalue weighted by molar-refractivity contribution is -0.137. The van der Waals surface area contributed by atoms with Crippen molar-refractivity contribution < 1.29 is 22.8 Å². The highest BCUT2D eigenvalue weighted by atomic mass is 19.4. The van der Waals surface area contributed by atoms with Gasteiger partial charge in [0.1, 0.15) is 0 Å². The molecule has 1 N–H and O–H groups in total. The molecule has 2 aromatic rings. The number of alkyl halides is 3. The molecule has 1 heterocycles. The van der Waals surface area contributed by atoms with Crippen molar-refractivity contribution >= 4 is 11.8 Å². The molecule has 31 heavy (non-hydrogen) atoms. The summed E-state index contributed by atoms with van der Waals surface area (Å²) in [4.78, 5) is 26.9. The molecule has 1 saturated carbocycles. The molecule has 2 amide bonds. The number of hydrogen-bond donors (Lipinski definition) is 1. The summed E-state index contributed by atoms with van der Waals surface area (Å²) < 4.78 is 38.4. The van der Waals surface area contributed by atoms with Gasteiger partial charge in [0.05, 0.1) is 5.56 Å². The van der Waals surface area contributed by atoms with E-state index in [4.69, 9.17) is 0 Å². The Kier molecular flexibility index (Phi) is 5.77. The molecule has 4 atom stereocenters. The molecular weight excluding hydrogens is 405 g/mol. The van der Waals surface area contributed by atoms with E-state index in [1.807, 2.05) is 23.1 Å². The maximum absolute atomic E-state index is 12.8. The van der Waals surface area contributed by atoms with Crippen LogP contribution in [0, 0.1) is 17.8 Å². The van der Waals surface area contributed by atoms with Gasteiger partial charge in [0.25, 0.3) is 5.91 Å². The van der Waals surface area contributed by atoms with E-state index in [1.165, 1.54) is 12.1 Å². The largest absolute Gasteiger partial charge is 0.416 e. The summed E-state index contributed by atoms with van der Waals surface area (Å²) in [6, 6.07) is 14.1. The number of carbonyl (C=O) groups excluding carboxylic acids is 2. The third-order valence-electron chi connectivity index (χ3n) is 6.69. The van der Waals surface area contributed by atoms with Gasteiger partial charge in [0.2, 0.25) is 5.91 Å². The number of fused-ring (bicyclic) bond motifs is 1. The van der Waals surface area contributed by atoms with Crippen molar-refractivity contribution in [1.82, 2.24) is 10.2 Å². The lowest BCUT2D eigenvalue weighted by Crippen LogP contribution is -2.34. The molecular formula is C24H25F3N2O2. The summed E-state index contributed by atoms with van der Waals surface area (Å²) in [6.07, 6.45) is -3.12. The van der Waals surface area contributed by atoms with E-state index in [0.29, 0.717) is 36.6 Å². The Bertz CT molecular complexity index is 944. The van der Waals surface area contributed by atoms with Gasteiger partial charge in [-0.1, -0.05) is 37.3 Å². The maximum Gasteiger partial charge on any atom is 0.416 e. The van der Waals surface area contributed by atoms with Crippen LogP contribution in [-0.4, -0.2) is 29.3 Å². The number of likely N-dealkylation sites (tertiary alicyclic amines) is 1. The van der Waals surface area contributed by atoms with Crippen molar-refractivity contribution in [2.75, 3.05) is 6.54 Å². The number of carbonyl (C=O) groups is 2. The molecule has 0 bridgehead atoms. The van der Waals surface area contributed by atoms with Crippen LogP contribution < -0.4 is 5.32 Å². The number of benzene rings is 2. The van der Waals surface area contributed by atoms with Crippen LogP contribution in [0.1, 0.15) is 41.3 Å². The molecule has 4 nitrogen and oxygen atoms in total. The number of rotatable bonds is 5. The summed E-state index contributed by atoms with van der Waals surface area (Å²) in [5.74, 6) is 0.588. The molecule has 0 spiro atoms. The second kappa shape index (κ2) is 8.36. The van der Waals surface area contributed by atoms with Crippen LogP contribution in [0.4, 0.5) is 13.2 Å². The highest BCUT2D eigenvalue weighted by Crippen LogP contribution is 2.46. The standard InChI is InChI=1S/C24H25F3N2O2/c1-15-11-21-19(20(15)13-28-23(31)17-5-3-2-4-6-17)12-22(30)29(21)14-16-7-9-18(10-8-16)24(25,26)27/h2-10,15,19-21H,11-14H2,1H3,(H,28,31)/t15-,19-,20+,21+/m0/s1. The lowest BCUT2D eigenvalue weighted by atomic mass is 9.88. The molecule has 0 radical (unpaired) electrons. The normalized spacial score (nSPS) is 25.5. The zero-order chi connectivity index (χ0) is 22.2. The van der Waals surface area contributed by atoms with Crippen molar-refractivity contribution in [3.05, 3.63) is 71.3 Å². The minimum absolute atomic E-state index is 0.0289. The molecule has 2 fully saturated rings. The van der Waals surface area contributed by atoms with Gasteiger partial charge in [-0.25, -0.2) is 0 Å². The van der Waals surface area contributed by atoms with Gasteiger partial charge in [-0.2, -0.15) is 13.2 Å². The number of amides is 2. The Morgan fingerprint density at radius 2 is 1.77 bits per heavy atom. The zero-order valence-corrected chi connectivity index (χ0v) is 17.2. The monoisotopic (exact) mass is 430 g/mol. The van der Waals surface area contributed by atoms with E-state index in [9.17, 15) is 22.8 Å². The van der Waals surface area contributed by atoms with Gasteiger partial charge in [-0.05, 0) is 54.0 Å². The fraction of sp³-hybridized carbons (Fsp3) is 0.417. The quantitative estimate of drug-likeness (QED) is 0.759. The maximum atomic E-state index is 12.8. The average Bonchev–Trinajstić information content (AvgIpc) is 3.20. The van der Waals surface area contributed by atoms with Crippen LogP contribution in [0.2, 0.25) is 0 Å². The summed E-state index contributed by atoms with van der Waals surface area (Å²) in [5, 5.41) is 3.01. The van der Waals surface area contributed by atoms with Crippen molar-refractivity contribution in [2.24, 2.45) is 17.8 Å². The minimum Gasteiger partial charge on any atom is -0.352 e. The van der Waals surface area contributed by atoms with E-state index >= 15 is 0 Å². The number of nitrogens with one attached hydrogen (secondary N) is 1. The van der Waals surface area contributed by atoms with Crippen LogP contribution >= 0.6 is 0 Å². The van der Waals surface area contributed by atoms with E-state index < -0.39 is 11.7 Å². The van der Waals surface area contributed by atoms with E-state index in [2.05, 4.69) is 12.2 Å². The van der Waals surface area contributed by atoms with E-state index in [0.717, 1.165) is 18.6 Å². The van der Waals surface area contributed by atoms with Gasteiger partial charge in [0.15, 0.2) is 0 Å². The first-order valence-electron chi connectivity index (χ1n) is 10.5. The molecule has 2 aromatic carbocycles. The first kappa shape index (κ1) is 21.4. The van der Waals surface area contributed by atoms with Crippen molar-refractivity contribution in [2.45, 2.75) is 38.5 Å². The second-order valence-corrected chi connectivity index (χ2v) is 8.60. The van der Waals surface area contributed by atoms with E-state index in [1.54, 1.807) is 12.1 Å². The van der Waals surface area contributed by atoms with E-state index in [-0.39, 0.29) is 29.7 Å². The first-order chi connectivity index (χ1) is 14.7. The summed E-state index contributed by atoms with van der Waals surface area (Å²) in [6.45, 7) is 2.96. The third kappa shape index (κ3) is 4.45. The molecule has 7 heteroatoms. The summed E-state index contributed by atoms with van der Waals surface area (Å²) in [7, 11) is 0. The predicted octanol–water partition coefficient (Wildman–Crippen LogP) is 4.51. The highest BCUT2D eigenvalue weighted by molar-refractivity contribution is 5.94. The molecule has 1 saturated heterocycles. The Balaban J connectivity index is 1.40. The van der Waals surface area contributed by atoms with Crippen LogP contribution in [0.25, 0.3) is 0 Å². The fourth-order valence-electron chi connectivity index (χ4n) is 5.04. The second-order valence-electron chi connectivity index (χ2n) is 8.60. The van der Waals surface area contributed by atoms with Gasteiger partial charge in [-0.3, -0.25) is 9.59 Å². The number of hydrogen-bond acceptors (Lipinski definition) is 2. The van der Waals surface area contributed by atoms with Crippen LogP contribution in [0.15, 0.2) is 54.6 Å². The molecule has 0 aromatic heterocycles.